The lowest BCUT2D eigenvalue weighted by atomic mass is 9.93. The molecule has 2 aliphatic rings. The van der Waals surface area contributed by atoms with Crippen LogP contribution in [0.25, 0.3) is 0 Å². The Hall–Kier alpha value is -2.76. The van der Waals surface area contributed by atoms with Crippen molar-refractivity contribution in [2.75, 3.05) is 20.3 Å². The van der Waals surface area contributed by atoms with Gasteiger partial charge in [0.1, 0.15) is 18.1 Å². The van der Waals surface area contributed by atoms with Crippen molar-refractivity contribution in [2.45, 2.75) is 19.4 Å². The third-order valence-corrected chi connectivity index (χ3v) is 4.95. The van der Waals surface area contributed by atoms with Crippen LogP contribution in [-0.4, -0.2) is 36.1 Å². The summed E-state index contributed by atoms with van der Waals surface area (Å²) in [4.78, 5) is 28.9. The third-order valence-electron chi connectivity index (χ3n) is 4.95. The van der Waals surface area contributed by atoms with Gasteiger partial charge in [-0.2, -0.15) is 0 Å². The molecule has 1 atom stereocenters. The maximum absolute atomic E-state index is 12.9. The Balaban J connectivity index is 1.50. The molecule has 0 saturated carbocycles. The van der Waals surface area contributed by atoms with Crippen LogP contribution in [0.2, 0.25) is 0 Å². The number of fused-ring (bicyclic) bond motifs is 2. The molecule has 2 aromatic rings. The number of benzene rings is 1. The van der Waals surface area contributed by atoms with Crippen LogP contribution < -0.4 is 15.0 Å². The van der Waals surface area contributed by atoms with E-state index in [9.17, 15) is 9.59 Å². The second-order valence-electron chi connectivity index (χ2n) is 6.54. The molecule has 0 saturated heterocycles. The first-order valence-corrected chi connectivity index (χ1v) is 8.43. The summed E-state index contributed by atoms with van der Waals surface area (Å²) in [6, 6.07) is 7.32. The average Bonchev–Trinajstić information content (AvgIpc) is 2.66. The summed E-state index contributed by atoms with van der Waals surface area (Å²) in [6.45, 7) is 1.57. The van der Waals surface area contributed by atoms with E-state index in [1.807, 2.05) is 23.1 Å². The molecular weight excluding hydrogens is 320 g/mol. The quantitative estimate of drug-likeness (QED) is 0.900. The SMILES string of the molecule is COc1ccc2c(c1)CC(C(=O)N1CCc3cc(=O)[nH]cc3C1)CO2. The summed E-state index contributed by atoms with van der Waals surface area (Å²) in [7, 11) is 1.63. The van der Waals surface area contributed by atoms with Gasteiger partial charge in [0.25, 0.3) is 0 Å². The van der Waals surface area contributed by atoms with Gasteiger partial charge in [-0.15, -0.1) is 0 Å². The summed E-state index contributed by atoms with van der Waals surface area (Å²) < 4.78 is 11.0. The summed E-state index contributed by atoms with van der Waals surface area (Å²) in [6.07, 6.45) is 3.08. The lowest BCUT2D eigenvalue weighted by Gasteiger charge is -2.33. The van der Waals surface area contributed by atoms with Gasteiger partial charge in [0.15, 0.2) is 0 Å². The number of hydrogen-bond donors (Lipinski definition) is 1. The number of carbonyl (C=O) groups excluding carboxylic acids is 1. The Morgan fingerprint density at radius 3 is 3.00 bits per heavy atom. The predicted octanol–water partition coefficient (Wildman–Crippen LogP) is 1.52. The number of carbonyl (C=O) groups is 1. The van der Waals surface area contributed by atoms with Gasteiger partial charge in [-0.3, -0.25) is 9.59 Å². The number of rotatable bonds is 2. The Morgan fingerprint density at radius 1 is 1.28 bits per heavy atom. The number of methoxy groups -OCH3 is 1. The number of pyridine rings is 1. The minimum Gasteiger partial charge on any atom is -0.497 e. The number of aromatic amines is 1. The molecule has 6 nitrogen and oxygen atoms in total. The molecule has 2 aliphatic heterocycles. The van der Waals surface area contributed by atoms with Crippen molar-refractivity contribution in [1.82, 2.24) is 9.88 Å². The molecule has 25 heavy (non-hydrogen) atoms. The second-order valence-corrected chi connectivity index (χ2v) is 6.54. The highest BCUT2D eigenvalue weighted by molar-refractivity contribution is 5.80. The molecule has 4 rings (SSSR count). The van der Waals surface area contributed by atoms with Crippen molar-refractivity contribution >= 4 is 5.91 Å². The van der Waals surface area contributed by atoms with Crippen LogP contribution in [0, 0.1) is 5.92 Å². The summed E-state index contributed by atoms with van der Waals surface area (Å²) in [5.41, 5.74) is 2.95. The van der Waals surface area contributed by atoms with Crippen molar-refractivity contribution in [3.8, 4) is 11.5 Å². The van der Waals surface area contributed by atoms with E-state index in [0.29, 0.717) is 32.5 Å². The average molecular weight is 340 g/mol. The Labute approximate surface area is 145 Å². The molecule has 0 spiro atoms. The molecule has 1 aromatic carbocycles. The zero-order chi connectivity index (χ0) is 17.4. The zero-order valence-electron chi connectivity index (χ0n) is 14.1. The normalized spacial score (nSPS) is 18.8. The third kappa shape index (κ3) is 2.99. The van der Waals surface area contributed by atoms with Crippen LogP contribution in [0.15, 0.2) is 35.3 Å². The molecule has 0 fully saturated rings. The summed E-state index contributed by atoms with van der Waals surface area (Å²) in [5, 5.41) is 0. The van der Waals surface area contributed by atoms with Crippen LogP contribution in [0.5, 0.6) is 11.5 Å². The summed E-state index contributed by atoms with van der Waals surface area (Å²) in [5.74, 6) is 1.51. The maximum Gasteiger partial charge on any atom is 0.248 e. The monoisotopic (exact) mass is 340 g/mol. The number of H-pyrrole nitrogens is 1. The highest BCUT2D eigenvalue weighted by Crippen LogP contribution is 2.32. The highest BCUT2D eigenvalue weighted by atomic mass is 16.5. The number of aromatic nitrogens is 1. The van der Waals surface area contributed by atoms with E-state index in [1.165, 1.54) is 0 Å². The van der Waals surface area contributed by atoms with Gasteiger partial charge >= 0.3 is 0 Å². The van der Waals surface area contributed by atoms with Gasteiger partial charge in [0.05, 0.1) is 13.0 Å². The summed E-state index contributed by atoms with van der Waals surface area (Å²) >= 11 is 0. The topological polar surface area (TPSA) is 71.6 Å². The first-order chi connectivity index (χ1) is 12.1. The Bertz CT molecular complexity index is 874. The van der Waals surface area contributed by atoms with E-state index >= 15 is 0 Å². The van der Waals surface area contributed by atoms with Crippen LogP contribution in [0.3, 0.4) is 0 Å². The molecule has 0 radical (unpaired) electrons. The van der Waals surface area contributed by atoms with Gasteiger partial charge in [-0.05, 0) is 47.7 Å². The van der Waals surface area contributed by atoms with Gasteiger partial charge < -0.3 is 19.4 Å². The molecule has 6 heteroatoms. The lowest BCUT2D eigenvalue weighted by Crippen LogP contribution is -2.43. The van der Waals surface area contributed by atoms with E-state index in [1.54, 1.807) is 19.4 Å². The van der Waals surface area contributed by atoms with Crippen LogP contribution >= 0.6 is 0 Å². The van der Waals surface area contributed by atoms with Crippen molar-refractivity contribution < 1.29 is 14.3 Å². The fourth-order valence-corrected chi connectivity index (χ4v) is 3.57. The number of ether oxygens (including phenoxy) is 2. The smallest absolute Gasteiger partial charge is 0.248 e. The largest absolute Gasteiger partial charge is 0.497 e. The molecular formula is C19H20N2O4. The molecule has 3 heterocycles. The first-order valence-electron chi connectivity index (χ1n) is 8.43. The number of nitrogens with one attached hydrogen (secondary N) is 1. The van der Waals surface area contributed by atoms with Gasteiger partial charge in [0.2, 0.25) is 11.5 Å². The Kier molecular flexibility index (Phi) is 3.95. The number of nitrogens with zero attached hydrogens (tertiary/aromatic N) is 1. The standard InChI is InChI=1S/C19H20N2O4/c1-24-16-2-3-17-13(7-16)6-14(11-25-17)19(23)21-5-4-12-8-18(22)20-9-15(12)10-21/h2-3,7-9,14H,4-6,10-11H2,1H3,(H,20,22). The molecule has 130 valence electrons. The van der Waals surface area contributed by atoms with E-state index < -0.39 is 0 Å². The molecule has 1 aromatic heterocycles. The minimum atomic E-state index is -0.191. The Morgan fingerprint density at radius 2 is 2.16 bits per heavy atom. The van der Waals surface area contributed by atoms with Crippen LogP contribution in [0.4, 0.5) is 0 Å². The van der Waals surface area contributed by atoms with Gasteiger partial charge in [0, 0.05) is 25.4 Å². The van der Waals surface area contributed by atoms with Crippen LogP contribution in [-0.2, 0) is 24.2 Å². The van der Waals surface area contributed by atoms with E-state index in [-0.39, 0.29) is 17.4 Å². The van der Waals surface area contributed by atoms with Crippen molar-refractivity contribution in [1.29, 1.82) is 0 Å². The van der Waals surface area contributed by atoms with E-state index in [4.69, 9.17) is 9.47 Å². The fraction of sp³-hybridized carbons (Fsp3) is 0.368. The van der Waals surface area contributed by atoms with E-state index in [0.717, 1.165) is 28.2 Å². The molecule has 0 aliphatic carbocycles. The van der Waals surface area contributed by atoms with Crippen molar-refractivity contribution in [2.24, 2.45) is 5.92 Å². The number of hydrogen-bond acceptors (Lipinski definition) is 4. The number of amides is 1. The van der Waals surface area contributed by atoms with E-state index in [2.05, 4.69) is 4.98 Å². The molecule has 1 amide bonds. The predicted molar refractivity (Wildman–Crippen MR) is 91.9 cm³/mol. The maximum atomic E-state index is 12.9. The molecule has 0 bridgehead atoms. The molecule has 1 unspecified atom stereocenters. The fourth-order valence-electron chi connectivity index (χ4n) is 3.57. The lowest BCUT2D eigenvalue weighted by molar-refractivity contribution is -0.137. The molecule has 1 N–H and O–H groups in total. The first kappa shape index (κ1) is 15.7. The zero-order valence-corrected chi connectivity index (χ0v) is 14.1. The second kappa shape index (κ2) is 6.27. The van der Waals surface area contributed by atoms with Crippen molar-refractivity contribution in [3.63, 3.8) is 0 Å². The van der Waals surface area contributed by atoms with Gasteiger partial charge in [-0.25, -0.2) is 0 Å². The van der Waals surface area contributed by atoms with Gasteiger partial charge in [-0.1, -0.05) is 0 Å². The van der Waals surface area contributed by atoms with Crippen LogP contribution in [0.1, 0.15) is 16.7 Å². The van der Waals surface area contributed by atoms with Crippen molar-refractivity contribution in [3.05, 3.63) is 57.5 Å². The minimum absolute atomic E-state index is 0.0928. The highest BCUT2D eigenvalue weighted by Gasteiger charge is 2.31.